The standard InChI is InChI=1S/C14H25N3O/c1-5-16-14(18-11-12(2)3)10-13(4)17-8-6-15-7-9-17/h5,10,12,15H,1,6-9,11H2,2-4H3/b13-10+,16-14?. The lowest BCUT2D eigenvalue weighted by molar-refractivity contribution is 0.258. The molecule has 1 heterocycles. The Morgan fingerprint density at radius 1 is 1.44 bits per heavy atom. The molecule has 0 radical (unpaired) electrons. The zero-order chi connectivity index (χ0) is 13.4. The molecule has 4 heteroatoms. The maximum Gasteiger partial charge on any atom is 0.214 e. The molecule has 0 aliphatic carbocycles. The molecule has 0 spiro atoms. The van der Waals surface area contributed by atoms with Crippen molar-refractivity contribution in [3.8, 4) is 0 Å². The predicted molar refractivity (Wildman–Crippen MR) is 76.6 cm³/mol. The van der Waals surface area contributed by atoms with Crippen LogP contribution in [0.15, 0.2) is 29.5 Å². The lowest BCUT2D eigenvalue weighted by Gasteiger charge is -2.30. The predicted octanol–water partition coefficient (Wildman–Crippen LogP) is 2.01. The van der Waals surface area contributed by atoms with E-state index in [0.717, 1.165) is 26.2 Å². The van der Waals surface area contributed by atoms with E-state index in [1.807, 2.05) is 6.08 Å². The van der Waals surface area contributed by atoms with E-state index in [4.69, 9.17) is 4.74 Å². The second kappa shape index (κ2) is 7.93. The Kier molecular flexibility index (Phi) is 6.50. The highest BCUT2D eigenvalue weighted by Crippen LogP contribution is 2.06. The topological polar surface area (TPSA) is 36.9 Å². The van der Waals surface area contributed by atoms with E-state index in [0.29, 0.717) is 18.4 Å². The van der Waals surface area contributed by atoms with Crippen LogP contribution in [0.1, 0.15) is 20.8 Å². The van der Waals surface area contributed by atoms with Gasteiger partial charge in [-0.3, -0.25) is 0 Å². The Hall–Kier alpha value is -1.29. The van der Waals surface area contributed by atoms with Gasteiger partial charge < -0.3 is 15.0 Å². The lowest BCUT2D eigenvalue weighted by atomic mass is 10.2. The molecule has 0 amide bonds. The number of allylic oxidation sites excluding steroid dienone is 1. The van der Waals surface area contributed by atoms with Crippen LogP contribution in [0.4, 0.5) is 0 Å². The Morgan fingerprint density at radius 3 is 2.67 bits per heavy atom. The van der Waals surface area contributed by atoms with Gasteiger partial charge in [0.05, 0.1) is 6.61 Å². The lowest BCUT2D eigenvalue weighted by Crippen LogP contribution is -2.42. The largest absolute Gasteiger partial charge is 0.477 e. The van der Waals surface area contributed by atoms with Gasteiger partial charge in [-0.25, -0.2) is 4.99 Å². The van der Waals surface area contributed by atoms with Gasteiger partial charge in [-0.05, 0) is 12.8 Å². The van der Waals surface area contributed by atoms with Gasteiger partial charge in [0, 0.05) is 44.2 Å². The third-order valence-electron chi connectivity index (χ3n) is 2.73. The molecule has 0 aromatic rings. The zero-order valence-electron chi connectivity index (χ0n) is 11.8. The maximum atomic E-state index is 5.67. The van der Waals surface area contributed by atoms with E-state index in [2.05, 4.69) is 42.6 Å². The Bertz CT molecular complexity index is 315. The van der Waals surface area contributed by atoms with Crippen molar-refractivity contribution in [3.05, 3.63) is 24.6 Å². The molecule has 1 N–H and O–H groups in total. The van der Waals surface area contributed by atoms with Crippen LogP contribution >= 0.6 is 0 Å². The van der Waals surface area contributed by atoms with E-state index < -0.39 is 0 Å². The van der Waals surface area contributed by atoms with Gasteiger partial charge in [-0.15, -0.1) is 0 Å². The first-order chi connectivity index (χ1) is 8.63. The van der Waals surface area contributed by atoms with Gasteiger partial charge in [0.15, 0.2) is 0 Å². The SMILES string of the molecule is C=CN=C(/C=C(\C)N1CCNCC1)OCC(C)C. The highest BCUT2D eigenvalue weighted by atomic mass is 16.5. The Labute approximate surface area is 110 Å². The summed E-state index contributed by atoms with van der Waals surface area (Å²) in [6, 6.07) is 0. The molecule has 0 aromatic heterocycles. The van der Waals surface area contributed by atoms with Crippen molar-refractivity contribution in [1.29, 1.82) is 0 Å². The summed E-state index contributed by atoms with van der Waals surface area (Å²) >= 11 is 0. The fourth-order valence-electron chi connectivity index (χ4n) is 1.75. The van der Waals surface area contributed by atoms with E-state index in [1.165, 1.54) is 11.9 Å². The van der Waals surface area contributed by atoms with Crippen molar-refractivity contribution in [3.63, 3.8) is 0 Å². The molecule has 1 fully saturated rings. The van der Waals surface area contributed by atoms with Gasteiger partial charge in [0.1, 0.15) is 0 Å². The highest BCUT2D eigenvalue weighted by molar-refractivity contribution is 5.88. The Morgan fingerprint density at radius 2 is 2.11 bits per heavy atom. The van der Waals surface area contributed by atoms with Crippen LogP contribution in [0, 0.1) is 5.92 Å². The van der Waals surface area contributed by atoms with Crippen LogP contribution in [0.2, 0.25) is 0 Å². The van der Waals surface area contributed by atoms with Crippen molar-refractivity contribution >= 4 is 5.90 Å². The molecule has 0 atom stereocenters. The smallest absolute Gasteiger partial charge is 0.214 e. The van der Waals surface area contributed by atoms with Crippen LogP contribution in [0.5, 0.6) is 0 Å². The fourth-order valence-corrected chi connectivity index (χ4v) is 1.75. The van der Waals surface area contributed by atoms with E-state index >= 15 is 0 Å². The van der Waals surface area contributed by atoms with Crippen LogP contribution in [-0.2, 0) is 4.74 Å². The number of aliphatic imine (C=N–C) groups is 1. The average Bonchev–Trinajstić information content (AvgIpc) is 2.37. The van der Waals surface area contributed by atoms with Gasteiger partial charge in [-0.2, -0.15) is 0 Å². The molecule has 1 saturated heterocycles. The van der Waals surface area contributed by atoms with E-state index in [-0.39, 0.29) is 0 Å². The van der Waals surface area contributed by atoms with Gasteiger partial charge in [0.2, 0.25) is 5.90 Å². The molecule has 1 aliphatic rings. The quantitative estimate of drug-likeness (QED) is 0.600. The van der Waals surface area contributed by atoms with Crippen molar-refractivity contribution in [2.24, 2.45) is 10.9 Å². The molecule has 0 saturated carbocycles. The van der Waals surface area contributed by atoms with Crippen LogP contribution in [0.25, 0.3) is 0 Å². The second-order valence-electron chi connectivity index (χ2n) is 4.88. The third kappa shape index (κ3) is 5.36. The number of piperazine rings is 1. The number of nitrogens with one attached hydrogen (secondary N) is 1. The van der Waals surface area contributed by atoms with Crippen molar-refractivity contribution in [2.75, 3.05) is 32.8 Å². The first kappa shape index (κ1) is 14.8. The molecular weight excluding hydrogens is 226 g/mol. The minimum absolute atomic E-state index is 0.493. The minimum Gasteiger partial charge on any atom is -0.477 e. The zero-order valence-corrected chi connectivity index (χ0v) is 11.8. The molecule has 1 aliphatic heterocycles. The molecule has 1 rings (SSSR count). The fraction of sp³-hybridized carbons (Fsp3) is 0.643. The van der Waals surface area contributed by atoms with Crippen molar-refractivity contribution in [1.82, 2.24) is 10.2 Å². The molecule has 4 nitrogen and oxygen atoms in total. The number of rotatable bonds is 5. The molecule has 0 unspecified atom stereocenters. The summed E-state index contributed by atoms with van der Waals surface area (Å²) in [6.07, 6.45) is 3.52. The van der Waals surface area contributed by atoms with Gasteiger partial charge in [-0.1, -0.05) is 20.4 Å². The van der Waals surface area contributed by atoms with Crippen LogP contribution in [0.3, 0.4) is 0 Å². The maximum absolute atomic E-state index is 5.67. The summed E-state index contributed by atoms with van der Waals surface area (Å²) in [5, 5.41) is 3.34. The van der Waals surface area contributed by atoms with Gasteiger partial charge >= 0.3 is 0 Å². The summed E-state index contributed by atoms with van der Waals surface area (Å²) in [4.78, 5) is 6.51. The molecule has 0 aromatic carbocycles. The first-order valence-electron chi connectivity index (χ1n) is 6.59. The molecule has 102 valence electrons. The summed E-state index contributed by atoms with van der Waals surface area (Å²) in [7, 11) is 0. The van der Waals surface area contributed by atoms with Gasteiger partial charge in [0.25, 0.3) is 0 Å². The minimum atomic E-state index is 0.493. The first-order valence-corrected chi connectivity index (χ1v) is 6.59. The number of hydrogen-bond donors (Lipinski definition) is 1. The second-order valence-corrected chi connectivity index (χ2v) is 4.88. The average molecular weight is 251 g/mol. The summed E-state index contributed by atoms with van der Waals surface area (Å²) in [6.45, 7) is 14.8. The number of nitrogens with zero attached hydrogens (tertiary/aromatic N) is 2. The Balaban J connectivity index is 2.61. The molecule has 0 bridgehead atoms. The summed E-state index contributed by atoms with van der Waals surface area (Å²) in [5.74, 6) is 1.14. The van der Waals surface area contributed by atoms with E-state index in [9.17, 15) is 0 Å². The number of ether oxygens (including phenoxy) is 1. The third-order valence-corrected chi connectivity index (χ3v) is 2.73. The molecule has 18 heavy (non-hydrogen) atoms. The monoisotopic (exact) mass is 251 g/mol. The van der Waals surface area contributed by atoms with Crippen molar-refractivity contribution < 1.29 is 4.74 Å². The highest BCUT2D eigenvalue weighted by Gasteiger charge is 2.10. The molecular formula is C14H25N3O. The number of hydrogen-bond acceptors (Lipinski definition) is 4. The van der Waals surface area contributed by atoms with Crippen LogP contribution in [-0.4, -0.2) is 43.6 Å². The van der Waals surface area contributed by atoms with E-state index in [1.54, 1.807) is 0 Å². The van der Waals surface area contributed by atoms with Crippen molar-refractivity contribution in [2.45, 2.75) is 20.8 Å². The summed E-state index contributed by atoms with van der Waals surface area (Å²) in [5.41, 5.74) is 1.20. The van der Waals surface area contributed by atoms with Crippen LogP contribution < -0.4 is 5.32 Å². The summed E-state index contributed by atoms with van der Waals surface area (Å²) < 4.78 is 5.67. The normalized spacial score (nSPS) is 18.1.